The Hall–Kier alpha value is -0.610. The number of ether oxygens (including phenoxy) is 2. The molecule has 2 aliphatic rings. The molecule has 1 aromatic rings. The number of nitrogens with one attached hydrogen (secondary N) is 1. The summed E-state index contributed by atoms with van der Waals surface area (Å²) < 4.78 is 11.8. The third-order valence-corrected chi connectivity index (χ3v) is 5.57. The van der Waals surface area contributed by atoms with Gasteiger partial charge in [-0.1, -0.05) is 23.7 Å². The van der Waals surface area contributed by atoms with Crippen molar-refractivity contribution in [1.82, 2.24) is 15.1 Å². The summed E-state index contributed by atoms with van der Waals surface area (Å²) in [4.78, 5) is 9.00. The third kappa shape index (κ3) is 6.19. The van der Waals surface area contributed by atoms with Gasteiger partial charge in [0.1, 0.15) is 6.10 Å². The molecule has 3 unspecified atom stereocenters. The summed E-state index contributed by atoms with van der Waals surface area (Å²) in [6.07, 6.45) is 2.56. The van der Waals surface area contributed by atoms with E-state index in [2.05, 4.69) is 46.3 Å². The van der Waals surface area contributed by atoms with Crippen molar-refractivity contribution in [3.05, 3.63) is 34.9 Å². The SMILES string of the molecule is CN=C(NCC(c1ccc(Cl)cc1)N(C)C)N1CCOC(C2CCCO2)C1.I. The lowest BCUT2D eigenvalue weighted by Crippen LogP contribution is -2.54. The summed E-state index contributed by atoms with van der Waals surface area (Å²) in [5.74, 6) is 0.919. The fraction of sp³-hybridized carbons (Fsp3) is 0.650. The lowest BCUT2D eigenvalue weighted by atomic mass is 10.1. The second-order valence-corrected chi connectivity index (χ2v) is 7.80. The molecule has 0 bridgehead atoms. The van der Waals surface area contributed by atoms with Gasteiger partial charge in [0.25, 0.3) is 0 Å². The van der Waals surface area contributed by atoms with Crippen LogP contribution in [0, 0.1) is 0 Å². The maximum Gasteiger partial charge on any atom is 0.193 e. The van der Waals surface area contributed by atoms with Crippen LogP contribution < -0.4 is 5.32 Å². The zero-order valence-corrected chi connectivity index (χ0v) is 20.0. The standard InChI is InChI=1S/C20H31ClN4O2.HI/c1-22-20(25-10-12-27-19(14-25)18-5-4-11-26-18)23-13-17(24(2)3)15-6-8-16(21)9-7-15;/h6-9,17-19H,4-5,10-14H2,1-3H3,(H,22,23);1H. The molecule has 2 fully saturated rings. The number of hydrogen-bond donors (Lipinski definition) is 1. The quantitative estimate of drug-likeness (QED) is 0.366. The van der Waals surface area contributed by atoms with Crippen LogP contribution in [-0.2, 0) is 9.47 Å². The Morgan fingerprint density at radius 3 is 2.57 bits per heavy atom. The summed E-state index contributed by atoms with van der Waals surface area (Å²) >= 11 is 6.04. The van der Waals surface area contributed by atoms with Crippen molar-refractivity contribution in [3.8, 4) is 0 Å². The van der Waals surface area contributed by atoms with Gasteiger partial charge in [-0.25, -0.2) is 0 Å². The number of morpholine rings is 1. The molecule has 2 saturated heterocycles. The van der Waals surface area contributed by atoms with Crippen LogP contribution in [0.25, 0.3) is 0 Å². The average molecular weight is 523 g/mol. The van der Waals surface area contributed by atoms with Crippen LogP contribution in [-0.4, -0.2) is 82.0 Å². The first-order chi connectivity index (χ1) is 13.1. The van der Waals surface area contributed by atoms with Gasteiger partial charge in [-0.3, -0.25) is 4.99 Å². The monoisotopic (exact) mass is 522 g/mol. The van der Waals surface area contributed by atoms with Crippen LogP contribution in [0.4, 0.5) is 0 Å². The van der Waals surface area contributed by atoms with Crippen molar-refractivity contribution in [2.45, 2.75) is 31.1 Å². The average Bonchev–Trinajstić information content (AvgIpc) is 3.21. The largest absolute Gasteiger partial charge is 0.375 e. The summed E-state index contributed by atoms with van der Waals surface area (Å²) in [6, 6.07) is 8.28. The molecule has 0 aliphatic carbocycles. The maximum absolute atomic E-state index is 6.04. The second kappa shape index (κ2) is 11.5. The van der Waals surface area contributed by atoms with Crippen LogP contribution in [0.5, 0.6) is 0 Å². The van der Waals surface area contributed by atoms with Crippen LogP contribution in [0.2, 0.25) is 5.02 Å². The lowest BCUT2D eigenvalue weighted by Gasteiger charge is -2.37. The molecule has 2 aliphatic heterocycles. The predicted molar refractivity (Wildman–Crippen MR) is 125 cm³/mol. The van der Waals surface area contributed by atoms with Gasteiger partial charge < -0.3 is 24.6 Å². The van der Waals surface area contributed by atoms with E-state index in [0.29, 0.717) is 6.61 Å². The normalized spacial score (nSPS) is 24.2. The first-order valence-corrected chi connectivity index (χ1v) is 10.1. The van der Waals surface area contributed by atoms with Crippen LogP contribution >= 0.6 is 35.6 Å². The maximum atomic E-state index is 6.04. The Kier molecular flexibility index (Phi) is 9.76. The van der Waals surface area contributed by atoms with Gasteiger partial charge in [0.2, 0.25) is 0 Å². The van der Waals surface area contributed by atoms with Crippen LogP contribution in [0.1, 0.15) is 24.4 Å². The van der Waals surface area contributed by atoms with Crippen LogP contribution in [0.3, 0.4) is 0 Å². The molecule has 28 heavy (non-hydrogen) atoms. The summed E-state index contributed by atoms with van der Waals surface area (Å²) in [6.45, 7) is 3.99. The molecule has 8 heteroatoms. The van der Waals surface area contributed by atoms with Crippen molar-refractivity contribution in [3.63, 3.8) is 0 Å². The van der Waals surface area contributed by atoms with Gasteiger partial charge in [0.15, 0.2) is 5.96 Å². The zero-order chi connectivity index (χ0) is 19.2. The molecule has 3 atom stereocenters. The second-order valence-electron chi connectivity index (χ2n) is 7.37. The predicted octanol–water partition coefficient (Wildman–Crippen LogP) is 3.02. The van der Waals surface area contributed by atoms with Crippen molar-refractivity contribution in [2.75, 3.05) is 54.0 Å². The minimum absolute atomic E-state index is 0. The minimum atomic E-state index is 0. The Morgan fingerprint density at radius 1 is 1.25 bits per heavy atom. The number of guanidine groups is 1. The molecule has 6 nitrogen and oxygen atoms in total. The van der Waals surface area contributed by atoms with Crippen molar-refractivity contribution >= 4 is 41.5 Å². The Bertz CT molecular complexity index is 623. The summed E-state index contributed by atoms with van der Waals surface area (Å²) in [5, 5.41) is 4.31. The van der Waals surface area contributed by atoms with Crippen molar-refractivity contribution < 1.29 is 9.47 Å². The van der Waals surface area contributed by atoms with Gasteiger partial charge in [0.05, 0.1) is 18.8 Å². The topological polar surface area (TPSA) is 49.3 Å². The Balaban J connectivity index is 0.00000280. The molecular formula is C20H32ClIN4O2. The first kappa shape index (κ1) is 23.7. The highest BCUT2D eigenvalue weighted by Gasteiger charge is 2.32. The highest BCUT2D eigenvalue weighted by molar-refractivity contribution is 14.0. The summed E-state index contributed by atoms with van der Waals surface area (Å²) in [7, 11) is 6.02. The van der Waals surface area contributed by atoms with E-state index in [4.69, 9.17) is 21.1 Å². The summed E-state index contributed by atoms with van der Waals surface area (Å²) in [5.41, 5.74) is 1.23. The third-order valence-electron chi connectivity index (χ3n) is 5.32. The Labute approximate surface area is 190 Å². The van der Waals surface area contributed by atoms with E-state index in [9.17, 15) is 0 Å². The van der Waals surface area contributed by atoms with Gasteiger partial charge in [-0.05, 0) is 44.6 Å². The van der Waals surface area contributed by atoms with E-state index in [-0.39, 0.29) is 42.2 Å². The van der Waals surface area contributed by atoms with E-state index >= 15 is 0 Å². The molecule has 2 heterocycles. The van der Waals surface area contributed by atoms with Crippen molar-refractivity contribution in [2.24, 2.45) is 4.99 Å². The molecule has 0 amide bonds. The van der Waals surface area contributed by atoms with E-state index < -0.39 is 0 Å². The first-order valence-electron chi connectivity index (χ1n) is 9.69. The highest BCUT2D eigenvalue weighted by Crippen LogP contribution is 2.22. The number of likely N-dealkylation sites (N-methyl/N-ethyl adjacent to an activating group) is 1. The highest BCUT2D eigenvalue weighted by atomic mass is 127. The molecular weight excluding hydrogens is 491 g/mol. The number of benzene rings is 1. The van der Waals surface area contributed by atoms with Gasteiger partial charge in [0, 0.05) is 38.3 Å². The molecule has 1 aromatic carbocycles. The lowest BCUT2D eigenvalue weighted by molar-refractivity contribution is -0.0817. The number of halogens is 2. The fourth-order valence-electron chi connectivity index (χ4n) is 3.79. The number of aliphatic imine (C=N–C) groups is 1. The molecule has 158 valence electrons. The van der Waals surface area contributed by atoms with E-state index in [0.717, 1.165) is 50.1 Å². The van der Waals surface area contributed by atoms with Gasteiger partial charge in [-0.2, -0.15) is 0 Å². The molecule has 0 radical (unpaired) electrons. The zero-order valence-electron chi connectivity index (χ0n) is 16.9. The number of rotatable bonds is 5. The number of nitrogens with zero attached hydrogens (tertiary/aromatic N) is 3. The van der Waals surface area contributed by atoms with Crippen molar-refractivity contribution in [1.29, 1.82) is 0 Å². The van der Waals surface area contributed by atoms with E-state index in [1.54, 1.807) is 0 Å². The molecule has 0 aromatic heterocycles. The number of hydrogen-bond acceptors (Lipinski definition) is 4. The minimum Gasteiger partial charge on any atom is -0.375 e. The van der Waals surface area contributed by atoms with Gasteiger partial charge >= 0.3 is 0 Å². The van der Waals surface area contributed by atoms with Gasteiger partial charge in [-0.15, -0.1) is 24.0 Å². The van der Waals surface area contributed by atoms with Crippen LogP contribution in [0.15, 0.2) is 29.3 Å². The van der Waals surface area contributed by atoms with E-state index in [1.165, 1.54) is 5.56 Å². The fourth-order valence-corrected chi connectivity index (χ4v) is 3.92. The molecule has 0 saturated carbocycles. The molecule has 1 N–H and O–H groups in total. The molecule has 0 spiro atoms. The Morgan fingerprint density at radius 2 is 1.96 bits per heavy atom. The molecule has 3 rings (SSSR count). The van der Waals surface area contributed by atoms with E-state index in [1.807, 2.05) is 19.2 Å². The smallest absolute Gasteiger partial charge is 0.193 e.